The molecule has 1 saturated carbocycles. The lowest BCUT2D eigenvalue weighted by Gasteiger charge is -2.37. The topological polar surface area (TPSA) is 103 Å². The number of nitrogens with zero attached hydrogens (tertiary/aromatic N) is 1. The molecule has 0 atom stereocenters. The monoisotopic (exact) mass is 296 g/mol. The minimum Gasteiger partial charge on any atom is -0.478 e. The summed E-state index contributed by atoms with van der Waals surface area (Å²) in [6, 6.07) is 1.34. The van der Waals surface area contributed by atoms with Gasteiger partial charge in [0.2, 0.25) is 0 Å². The van der Waals surface area contributed by atoms with Crippen LogP contribution in [0, 0.1) is 6.92 Å². The molecule has 0 unspecified atom stereocenters. The van der Waals surface area contributed by atoms with E-state index in [1.165, 1.54) is 6.07 Å². The molecule has 21 heavy (non-hydrogen) atoms. The quantitative estimate of drug-likeness (QED) is 0.735. The van der Waals surface area contributed by atoms with Crippen LogP contribution in [0.15, 0.2) is 10.5 Å². The third kappa shape index (κ3) is 3.55. The Labute approximate surface area is 122 Å². The predicted octanol–water partition coefficient (Wildman–Crippen LogP) is 1.34. The van der Waals surface area contributed by atoms with E-state index < -0.39 is 5.97 Å². The minimum absolute atomic E-state index is 0.0764. The molecule has 7 nitrogen and oxygen atoms in total. The summed E-state index contributed by atoms with van der Waals surface area (Å²) in [7, 11) is 0. The maximum absolute atomic E-state index is 12.1. The van der Waals surface area contributed by atoms with E-state index in [4.69, 9.17) is 14.6 Å². The van der Waals surface area contributed by atoms with Crippen LogP contribution >= 0.6 is 0 Å². The van der Waals surface area contributed by atoms with Crippen LogP contribution in [-0.2, 0) is 6.54 Å². The molecule has 0 bridgehead atoms. The highest BCUT2D eigenvalue weighted by Crippen LogP contribution is 2.24. The highest BCUT2D eigenvalue weighted by atomic mass is 16.4. The Morgan fingerprint density at radius 3 is 2.67 bits per heavy atom. The van der Waals surface area contributed by atoms with Crippen molar-refractivity contribution in [2.45, 2.75) is 38.8 Å². The summed E-state index contributed by atoms with van der Waals surface area (Å²) in [5.41, 5.74) is 0.102. The first kappa shape index (κ1) is 15.4. The number of nitrogens with one attached hydrogen (secondary N) is 1. The van der Waals surface area contributed by atoms with Crippen LogP contribution < -0.4 is 5.32 Å². The molecule has 1 heterocycles. The third-order valence-electron chi connectivity index (χ3n) is 3.73. The fourth-order valence-corrected chi connectivity index (χ4v) is 2.36. The minimum atomic E-state index is -1.05. The molecule has 1 aliphatic carbocycles. The van der Waals surface area contributed by atoms with Crippen LogP contribution in [-0.4, -0.2) is 46.3 Å². The van der Waals surface area contributed by atoms with Gasteiger partial charge in [-0.1, -0.05) is 0 Å². The number of furan rings is 1. The van der Waals surface area contributed by atoms with Gasteiger partial charge in [-0.05, 0) is 32.3 Å². The number of aliphatic hydroxyl groups is 1. The summed E-state index contributed by atoms with van der Waals surface area (Å²) in [5, 5.41) is 20.7. The summed E-state index contributed by atoms with van der Waals surface area (Å²) < 4.78 is 5.30. The van der Waals surface area contributed by atoms with Gasteiger partial charge in [-0.3, -0.25) is 0 Å². The summed E-state index contributed by atoms with van der Waals surface area (Å²) in [4.78, 5) is 24.7. The Bertz CT molecular complexity index is 521. The largest absolute Gasteiger partial charge is 0.478 e. The van der Waals surface area contributed by atoms with E-state index in [0.717, 1.165) is 19.3 Å². The Morgan fingerprint density at radius 2 is 2.19 bits per heavy atom. The third-order valence-corrected chi connectivity index (χ3v) is 3.73. The number of aryl methyl sites for hydroxylation is 1. The van der Waals surface area contributed by atoms with Gasteiger partial charge in [-0.25, -0.2) is 9.59 Å². The van der Waals surface area contributed by atoms with Gasteiger partial charge in [0, 0.05) is 12.6 Å². The molecule has 0 spiro atoms. The van der Waals surface area contributed by atoms with Gasteiger partial charge >= 0.3 is 12.0 Å². The zero-order chi connectivity index (χ0) is 15.4. The molecule has 7 heteroatoms. The van der Waals surface area contributed by atoms with E-state index in [1.54, 1.807) is 11.8 Å². The first-order chi connectivity index (χ1) is 10.0. The van der Waals surface area contributed by atoms with Crippen molar-refractivity contribution < 1.29 is 24.2 Å². The number of carboxylic acid groups (broad SMARTS) is 1. The molecule has 1 aliphatic rings. The number of hydrogen-bond donors (Lipinski definition) is 3. The van der Waals surface area contributed by atoms with E-state index >= 15 is 0 Å². The number of amides is 2. The number of aromatic carboxylic acids is 1. The zero-order valence-corrected chi connectivity index (χ0v) is 12.0. The van der Waals surface area contributed by atoms with Crippen LogP contribution in [0.5, 0.6) is 0 Å². The van der Waals surface area contributed by atoms with Gasteiger partial charge in [-0.15, -0.1) is 0 Å². The second kappa shape index (κ2) is 6.62. The van der Waals surface area contributed by atoms with Crippen LogP contribution in [0.2, 0.25) is 0 Å². The fourth-order valence-electron chi connectivity index (χ4n) is 2.36. The number of rotatable bonds is 6. The van der Waals surface area contributed by atoms with E-state index in [9.17, 15) is 9.59 Å². The van der Waals surface area contributed by atoms with Crippen molar-refractivity contribution in [1.29, 1.82) is 0 Å². The number of carboxylic acids is 1. The Kier molecular flexibility index (Phi) is 4.85. The van der Waals surface area contributed by atoms with E-state index in [2.05, 4.69) is 5.32 Å². The van der Waals surface area contributed by atoms with Crippen molar-refractivity contribution in [3.05, 3.63) is 23.2 Å². The molecular formula is C14H20N2O5. The van der Waals surface area contributed by atoms with Crippen molar-refractivity contribution in [1.82, 2.24) is 10.2 Å². The molecular weight excluding hydrogens is 276 g/mol. The predicted molar refractivity (Wildman–Crippen MR) is 74.1 cm³/mol. The van der Waals surface area contributed by atoms with Gasteiger partial charge in [0.05, 0.1) is 13.2 Å². The molecule has 0 radical (unpaired) electrons. The van der Waals surface area contributed by atoms with Gasteiger partial charge in [0.1, 0.15) is 17.1 Å². The first-order valence-electron chi connectivity index (χ1n) is 7.01. The lowest BCUT2D eigenvalue weighted by Crippen LogP contribution is -2.49. The van der Waals surface area contributed by atoms with Crippen molar-refractivity contribution in [3.8, 4) is 0 Å². The molecule has 2 rings (SSSR count). The van der Waals surface area contributed by atoms with Crippen molar-refractivity contribution in [3.63, 3.8) is 0 Å². The van der Waals surface area contributed by atoms with Crippen LogP contribution in [0.25, 0.3) is 0 Å². The summed E-state index contributed by atoms with van der Waals surface area (Å²) >= 11 is 0. The Balaban J connectivity index is 1.93. The number of urea groups is 1. The van der Waals surface area contributed by atoms with Gasteiger partial charge in [0.25, 0.3) is 0 Å². The molecule has 0 aliphatic heterocycles. The summed E-state index contributed by atoms with van der Waals surface area (Å²) in [5.74, 6) is -0.334. The van der Waals surface area contributed by atoms with Crippen molar-refractivity contribution >= 4 is 12.0 Å². The maximum Gasteiger partial charge on any atom is 0.339 e. The number of carbonyl (C=O) groups excluding carboxylic acids is 1. The molecule has 116 valence electrons. The molecule has 0 saturated heterocycles. The van der Waals surface area contributed by atoms with Crippen LogP contribution in [0.4, 0.5) is 4.79 Å². The fraction of sp³-hybridized carbons (Fsp3) is 0.571. The number of hydrogen-bond acceptors (Lipinski definition) is 4. The maximum atomic E-state index is 12.1. The van der Waals surface area contributed by atoms with Crippen molar-refractivity contribution in [2.24, 2.45) is 0 Å². The first-order valence-corrected chi connectivity index (χ1v) is 7.01. The standard InChI is InChI=1S/C14H20N2O5/c1-9-12(13(18)19)7-11(21-9)8-15-14(20)16(5-6-17)10-3-2-4-10/h7,10,17H,2-6,8H2,1H3,(H,15,20)(H,18,19). The van der Waals surface area contributed by atoms with Gasteiger partial charge < -0.3 is 24.8 Å². The second-order valence-electron chi connectivity index (χ2n) is 5.15. The number of carbonyl (C=O) groups is 2. The summed E-state index contributed by atoms with van der Waals surface area (Å²) in [6.45, 7) is 1.92. The van der Waals surface area contributed by atoms with Crippen LogP contribution in [0.3, 0.4) is 0 Å². The molecule has 3 N–H and O–H groups in total. The lowest BCUT2D eigenvalue weighted by atomic mass is 9.92. The SMILES string of the molecule is Cc1oc(CNC(=O)N(CCO)C2CCC2)cc1C(=O)O. The van der Waals surface area contributed by atoms with Crippen molar-refractivity contribution in [2.75, 3.05) is 13.2 Å². The lowest BCUT2D eigenvalue weighted by molar-refractivity contribution is 0.0695. The summed E-state index contributed by atoms with van der Waals surface area (Å²) in [6.07, 6.45) is 3.01. The number of aliphatic hydroxyl groups excluding tert-OH is 1. The Morgan fingerprint density at radius 1 is 1.48 bits per heavy atom. The molecule has 2 amide bonds. The smallest absolute Gasteiger partial charge is 0.339 e. The molecule has 1 aromatic rings. The normalized spacial score (nSPS) is 14.6. The molecule has 1 fully saturated rings. The van der Waals surface area contributed by atoms with Crippen LogP contribution in [0.1, 0.15) is 41.1 Å². The van der Waals surface area contributed by atoms with E-state index in [-0.39, 0.29) is 30.8 Å². The molecule has 0 aromatic carbocycles. The van der Waals surface area contributed by atoms with E-state index in [0.29, 0.717) is 18.1 Å². The molecule has 1 aromatic heterocycles. The average molecular weight is 296 g/mol. The van der Waals surface area contributed by atoms with E-state index in [1.807, 2.05) is 0 Å². The zero-order valence-electron chi connectivity index (χ0n) is 12.0. The Hall–Kier alpha value is -2.02. The van der Waals surface area contributed by atoms with Gasteiger partial charge in [-0.2, -0.15) is 0 Å². The highest BCUT2D eigenvalue weighted by Gasteiger charge is 2.28. The average Bonchev–Trinajstić information content (AvgIpc) is 2.75. The van der Waals surface area contributed by atoms with Gasteiger partial charge in [0.15, 0.2) is 0 Å². The second-order valence-corrected chi connectivity index (χ2v) is 5.15. The highest BCUT2D eigenvalue weighted by molar-refractivity contribution is 5.88.